The molecule has 0 amide bonds. The predicted octanol–water partition coefficient (Wildman–Crippen LogP) is 4.55. The molecule has 2 aromatic carbocycles. The van der Waals surface area contributed by atoms with Crippen molar-refractivity contribution in [3.8, 4) is 33.6 Å². The van der Waals surface area contributed by atoms with Gasteiger partial charge in [0.25, 0.3) is 0 Å². The van der Waals surface area contributed by atoms with Gasteiger partial charge in [-0.25, -0.2) is 9.50 Å². The van der Waals surface area contributed by atoms with Crippen molar-refractivity contribution in [3.05, 3.63) is 85.5 Å². The molecule has 2 aliphatic heterocycles. The van der Waals surface area contributed by atoms with Gasteiger partial charge >= 0.3 is 0 Å². The van der Waals surface area contributed by atoms with Crippen molar-refractivity contribution in [2.24, 2.45) is 0 Å². The molecule has 8 nitrogen and oxygen atoms in total. The molecule has 6 aromatic rings. The van der Waals surface area contributed by atoms with Gasteiger partial charge in [-0.1, -0.05) is 24.3 Å². The highest BCUT2D eigenvalue weighted by atomic mass is 15.3. The zero-order chi connectivity index (χ0) is 24.3. The van der Waals surface area contributed by atoms with Crippen molar-refractivity contribution in [2.45, 2.75) is 18.5 Å². The Morgan fingerprint density at radius 2 is 1.78 bits per heavy atom. The molecule has 180 valence electrons. The lowest BCUT2D eigenvalue weighted by Gasteiger charge is -2.29. The average Bonchev–Trinajstić information content (AvgIpc) is 3.77. The summed E-state index contributed by atoms with van der Waals surface area (Å²) < 4.78 is 1.95. The Bertz CT molecular complexity index is 1750. The van der Waals surface area contributed by atoms with Crippen LogP contribution in [-0.4, -0.2) is 55.0 Å². The molecule has 8 heteroatoms. The minimum Gasteiger partial charge on any atom is -0.366 e. The van der Waals surface area contributed by atoms with E-state index in [0.29, 0.717) is 12.1 Å². The van der Waals surface area contributed by atoms with Gasteiger partial charge in [0.1, 0.15) is 0 Å². The molecule has 0 aliphatic carbocycles. The van der Waals surface area contributed by atoms with Gasteiger partial charge in [-0.05, 0) is 48.4 Å². The van der Waals surface area contributed by atoms with E-state index < -0.39 is 0 Å². The lowest BCUT2D eigenvalue weighted by Crippen LogP contribution is -2.43. The summed E-state index contributed by atoms with van der Waals surface area (Å²) in [6.45, 7) is 2.16. The van der Waals surface area contributed by atoms with Gasteiger partial charge in [-0.2, -0.15) is 10.2 Å². The Balaban J connectivity index is 1.30. The number of aromatic nitrogens is 6. The van der Waals surface area contributed by atoms with Crippen molar-refractivity contribution < 1.29 is 0 Å². The summed E-state index contributed by atoms with van der Waals surface area (Å²) in [7, 11) is 0. The Kier molecular flexibility index (Phi) is 4.44. The van der Waals surface area contributed by atoms with Gasteiger partial charge in [0, 0.05) is 65.3 Å². The van der Waals surface area contributed by atoms with E-state index in [-0.39, 0.29) is 0 Å². The zero-order valence-electron chi connectivity index (χ0n) is 20.0. The Morgan fingerprint density at radius 1 is 0.892 bits per heavy atom. The van der Waals surface area contributed by atoms with E-state index in [9.17, 15) is 0 Å². The zero-order valence-corrected chi connectivity index (χ0v) is 20.0. The number of H-pyrrole nitrogens is 1. The lowest BCUT2D eigenvalue weighted by molar-refractivity contribution is 0.580. The number of nitrogens with zero attached hydrogens (tertiary/aromatic N) is 6. The third-order valence-electron chi connectivity index (χ3n) is 7.77. The molecule has 2 fully saturated rings. The third kappa shape index (κ3) is 3.26. The summed E-state index contributed by atoms with van der Waals surface area (Å²) in [5.74, 6) is 0. The molecule has 8 rings (SSSR count). The van der Waals surface area contributed by atoms with Crippen LogP contribution in [0.2, 0.25) is 0 Å². The SMILES string of the molecule is c1cc(-c2cnn3c(-c4ccc(N5C[C@@H]6C[C@H]5CN6)cc4)cc(-c4ccncc4)nc23)c2cn[nH]c2c1. The number of aromatic amines is 1. The Hall–Kier alpha value is -4.56. The molecule has 0 unspecified atom stereocenters. The molecular weight excluding hydrogens is 460 g/mol. The maximum Gasteiger partial charge on any atom is 0.164 e. The van der Waals surface area contributed by atoms with E-state index in [1.807, 2.05) is 41.2 Å². The molecule has 2 bridgehead atoms. The largest absolute Gasteiger partial charge is 0.366 e. The number of pyridine rings is 1. The predicted molar refractivity (Wildman–Crippen MR) is 144 cm³/mol. The number of hydrogen-bond acceptors (Lipinski definition) is 6. The standard InChI is InChI=1S/C29H24N8/c1-2-23(24-15-32-35-26(24)3-1)25-16-33-37-28(13-27(34-29(25)37)18-8-10-30-11-9-18)19-4-6-21(7-5-19)36-17-20-12-22(36)14-31-20/h1-11,13,15-16,20,22,31H,12,14,17H2,(H,32,35)/t20-,22-/m0/s1. The summed E-state index contributed by atoms with van der Waals surface area (Å²) in [5.41, 5.74) is 9.12. The Morgan fingerprint density at radius 3 is 2.59 bits per heavy atom. The molecule has 37 heavy (non-hydrogen) atoms. The first-order chi connectivity index (χ1) is 18.3. The highest BCUT2D eigenvalue weighted by Gasteiger charge is 2.37. The summed E-state index contributed by atoms with van der Waals surface area (Å²) in [5, 5.41) is 16.8. The molecule has 2 aliphatic rings. The molecule has 2 atom stereocenters. The fourth-order valence-electron chi connectivity index (χ4n) is 5.93. The van der Waals surface area contributed by atoms with E-state index in [2.05, 4.69) is 61.8 Å². The molecule has 0 radical (unpaired) electrons. The van der Waals surface area contributed by atoms with E-state index >= 15 is 0 Å². The molecule has 2 saturated heterocycles. The monoisotopic (exact) mass is 484 g/mol. The first-order valence-electron chi connectivity index (χ1n) is 12.6. The molecule has 0 spiro atoms. The van der Waals surface area contributed by atoms with Crippen molar-refractivity contribution in [1.82, 2.24) is 35.1 Å². The van der Waals surface area contributed by atoms with Gasteiger partial charge < -0.3 is 10.2 Å². The van der Waals surface area contributed by atoms with Crippen molar-refractivity contribution >= 4 is 22.2 Å². The second-order valence-electron chi connectivity index (χ2n) is 9.89. The van der Waals surface area contributed by atoms with Crippen LogP contribution < -0.4 is 10.2 Å². The van der Waals surface area contributed by atoms with Gasteiger partial charge in [0.15, 0.2) is 5.65 Å². The number of benzene rings is 2. The number of anilines is 1. The van der Waals surface area contributed by atoms with E-state index in [4.69, 9.17) is 10.1 Å². The minimum absolute atomic E-state index is 0.598. The summed E-state index contributed by atoms with van der Waals surface area (Å²) in [6.07, 6.45) is 8.62. The molecule has 2 N–H and O–H groups in total. The maximum atomic E-state index is 5.09. The topological polar surface area (TPSA) is 87.0 Å². The van der Waals surface area contributed by atoms with E-state index in [1.54, 1.807) is 12.4 Å². The van der Waals surface area contributed by atoms with Crippen LogP contribution in [-0.2, 0) is 0 Å². The van der Waals surface area contributed by atoms with Crippen LogP contribution >= 0.6 is 0 Å². The van der Waals surface area contributed by atoms with Crippen LogP contribution in [0.5, 0.6) is 0 Å². The average molecular weight is 485 g/mol. The molecule has 4 aromatic heterocycles. The van der Waals surface area contributed by atoms with Crippen LogP contribution in [0.1, 0.15) is 6.42 Å². The third-order valence-corrected chi connectivity index (χ3v) is 7.77. The van der Waals surface area contributed by atoms with Crippen LogP contribution in [0.15, 0.2) is 85.5 Å². The summed E-state index contributed by atoms with van der Waals surface area (Å²) in [6, 6.07) is 22.4. The van der Waals surface area contributed by atoms with Crippen LogP contribution in [0.3, 0.4) is 0 Å². The maximum absolute atomic E-state index is 5.09. The second-order valence-corrected chi connectivity index (χ2v) is 9.89. The van der Waals surface area contributed by atoms with E-state index in [1.165, 1.54) is 12.1 Å². The molecular formula is C29H24N8. The number of fused-ring (bicyclic) bond motifs is 4. The quantitative estimate of drug-likeness (QED) is 0.382. The molecule has 0 saturated carbocycles. The highest BCUT2D eigenvalue weighted by Crippen LogP contribution is 2.35. The fourth-order valence-corrected chi connectivity index (χ4v) is 5.93. The number of hydrogen-bond donors (Lipinski definition) is 2. The summed E-state index contributed by atoms with van der Waals surface area (Å²) in [4.78, 5) is 11.8. The highest BCUT2D eigenvalue weighted by molar-refractivity contribution is 5.98. The van der Waals surface area contributed by atoms with Gasteiger partial charge in [-0.15, -0.1) is 0 Å². The number of rotatable bonds is 4. The summed E-state index contributed by atoms with van der Waals surface area (Å²) >= 11 is 0. The Labute approximate surface area is 213 Å². The smallest absolute Gasteiger partial charge is 0.164 e. The van der Waals surface area contributed by atoms with E-state index in [0.717, 1.165) is 63.3 Å². The van der Waals surface area contributed by atoms with Crippen LogP contribution in [0.4, 0.5) is 5.69 Å². The van der Waals surface area contributed by atoms with Crippen molar-refractivity contribution in [1.29, 1.82) is 0 Å². The minimum atomic E-state index is 0.598. The first-order valence-corrected chi connectivity index (χ1v) is 12.6. The van der Waals surface area contributed by atoms with Crippen LogP contribution in [0.25, 0.3) is 50.2 Å². The number of nitrogens with one attached hydrogen (secondary N) is 2. The van der Waals surface area contributed by atoms with Crippen molar-refractivity contribution in [3.63, 3.8) is 0 Å². The lowest BCUT2D eigenvalue weighted by atomic mass is 10.0. The van der Waals surface area contributed by atoms with Crippen molar-refractivity contribution in [2.75, 3.05) is 18.0 Å². The molecule has 6 heterocycles. The van der Waals surface area contributed by atoms with Gasteiger partial charge in [-0.3, -0.25) is 10.1 Å². The van der Waals surface area contributed by atoms with Gasteiger partial charge in [0.2, 0.25) is 0 Å². The van der Waals surface area contributed by atoms with Gasteiger partial charge in [0.05, 0.1) is 29.3 Å². The fraction of sp³-hybridized carbons (Fsp3) is 0.172. The van der Waals surface area contributed by atoms with Crippen LogP contribution in [0, 0.1) is 0 Å². The normalized spacial score (nSPS) is 18.9. The first kappa shape index (κ1) is 20.6. The number of piperazine rings is 1. The second kappa shape index (κ2) is 7.97.